The Hall–Kier alpha value is -0.260. The van der Waals surface area contributed by atoms with Gasteiger partial charge in [-0.25, -0.2) is 0 Å². The summed E-state index contributed by atoms with van der Waals surface area (Å²) >= 11 is 3.52. The monoisotopic (exact) mass is 371 g/mol. The van der Waals surface area contributed by atoms with Gasteiger partial charge in [0.15, 0.2) is 0 Å². The number of halogens is 4. The van der Waals surface area contributed by atoms with Gasteiger partial charge in [-0.05, 0) is 31.1 Å². The maximum Gasteiger partial charge on any atom is 0.391 e. The molecule has 0 aromatic carbocycles. The molecule has 6 heteroatoms. The summed E-state index contributed by atoms with van der Waals surface area (Å²) in [5.41, 5.74) is 0.144. The molecule has 2 nitrogen and oxygen atoms in total. The lowest BCUT2D eigenvalue weighted by Crippen LogP contribution is -2.39. The third-order valence-corrected chi connectivity index (χ3v) is 4.49. The zero-order valence-electron chi connectivity index (χ0n) is 12.9. The second-order valence-corrected chi connectivity index (χ2v) is 8.50. The zero-order valence-corrected chi connectivity index (χ0v) is 14.5. The predicted molar refractivity (Wildman–Crippen MR) is 81.3 cm³/mol. The summed E-state index contributed by atoms with van der Waals surface area (Å²) in [6.45, 7) is 6.79. The molecule has 0 saturated heterocycles. The summed E-state index contributed by atoms with van der Waals surface area (Å²) < 4.78 is 38.2. The summed E-state index contributed by atoms with van der Waals surface area (Å²) in [4.78, 5) is 12.2. The van der Waals surface area contributed by atoms with Gasteiger partial charge in [0.1, 0.15) is 0 Å². The third kappa shape index (κ3) is 7.02. The standard InChI is InChI=1S/C15H25BrF3NO/c1-14(2,3)8-12(16)9-20-13(21)10-5-4-6-11(7-10)15(17,18)19/h10-12H,4-9H2,1-3H3,(H,20,21). The van der Waals surface area contributed by atoms with Crippen LogP contribution < -0.4 is 5.32 Å². The lowest BCUT2D eigenvalue weighted by Gasteiger charge is -2.30. The van der Waals surface area contributed by atoms with Crippen LogP contribution in [0.25, 0.3) is 0 Å². The molecule has 0 radical (unpaired) electrons. The molecule has 1 rings (SSSR count). The lowest BCUT2D eigenvalue weighted by atomic mass is 9.80. The van der Waals surface area contributed by atoms with E-state index < -0.39 is 18.0 Å². The molecule has 0 aliphatic heterocycles. The van der Waals surface area contributed by atoms with Crippen LogP contribution in [0.3, 0.4) is 0 Å². The van der Waals surface area contributed by atoms with Crippen LogP contribution in [-0.2, 0) is 4.79 Å². The van der Waals surface area contributed by atoms with Gasteiger partial charge in [0.2, 0.25) is 5.91 Å². The molecule has 1 N–H and O–H groups in total. The smallest absolute Gasteiger partial charge is 0.355 e. The average molecular weight is 372 g/mol. The van der Waals surface area contributed by atoms with Crippen molar-refractivity contribution in [3.63, 3.8) is 0 Å². The number of carbonyl (C=O) groups excluding carboxylic acids is 1. The Morgan fingerprint density at radius 1 is 1.29 bits per heavy atom. The number of hydrogen-bond donors (Lipinski definition) is 1. The molecule has 0 aromatic rings. The van der Waals surface area contributed by atoms with Crippen molar-refractivity contribution in [3.8, 4) is 0 Å². The summed E-state index contributed by atoms with van der Waals surface area (Å²) in [5.74, 6) is -2.06. The Labute approximate surface area is 133 Å². The predicted octanol–water partition coefficient (Wildman–Crippen LogP) is 4.67. The van der Waals surface area contributed by atoms with Crippen molar-refractivity contribution in [2.45, 2.75) is 63.9 Å². The Bertz CT molecular complexity index is 352. The molecule has 0 spiro atoms. The van der Waals surface area contributed by atoms with Crippen molar-refractivity contribution >= 4 is 21.8 Å². The van der Waals surface area contributed by atoms with E-state index in [1.807, 2.05) is 0 Å². The van der Waals surface area contributed by atoms with Crippen molar-refractivity contribution in [1.82, 2.24) is 5.32 Å². The van der Waals surface area contributed by atoms with Gasteiger partial charge in [-0.1, -0.05) is 43.1 Å². The first-order valence-corrected chi connectivity index (χ1v) is 8.39. The quantitative estimate of drug-likeness (QED) is 0.714. The number of hydrogen-bond acceptors (Lipinski definition) is 1. The van der Waals surface area contributed by atoms with Crippen molar-refractivity contribution in [1.29, 1.82) is 0 Å². The van der Waals surface area contributed by atoms with Gasteiger partial charge in [-0.3, -0.25) is 4.79 Å². The average Bonchev–Trinajstić information content (AvgIpc) is 2.33. The van der Waals surface area contributed by atoms with Crippen LogP contribution in [0, 0.1) is 17.3 Å². The van der Waals surface area contributed by atoms with Crippen LogP contribution in [-0.4, -0.2) is 23.5 Å². The molecule has 124 valence electrons. The van der Waals surface area contributed by atoms with Crippen molar-refractivity contribution in [2.75, 3.05) is 6.54 Å². The zero-order chi connectivity index (χ0) is 16.3. The lowest BCUT2D eigenvalue weighted by molar-refractivity contribution is -0.186. The number of carbonyl (C=O) groups is 1. The maximum atomic E-state index is 12.7. The van der Waals surface area contributed by atoms with Crippen LogP contribution >= 0.6 is 15.9 Å². The number of rotatable bonds is 4. The topological polar surface area (TPSA) is 29.1 Å². The number of alkyl halides is 4. The van der Waals surface area contributed by atoms with Gasteiger partial charge in [0, 0.05) is 17.3 Å². The normalized spacial score (nSPS) is 25.5. The molecule has 21 heavy (non-hydrogen) atoms. The summed E-state index contributed by atoms with van der Waals surface area (Å²) in [5, 5.41) is 2.79. The minimum absolute atomic E-state index is 0.0679. The van der Waals surface area contributed by atoms with E-state index in [-0.39, 0.29) is 29.0 Å². The molecule has 1 amide bonds. The van der Waals surface area contributed by atoms with E-state index in [1.54, 1.807) is 0 Å². The van der Waals surface area contributed by atoms with E-state index in [9.17, 15) is 18.0 Å². The fourth-order valence-corrected chi connectivity index (χ4v) is 3.95. The Morgan fingerprint density at radius 2 is 1.90 bits per heavy atom. The fourth-order valence-electron chi connectivity index (χ4n) is 2.82. The van der Waals surface area contributed by atoms with E-state index in [1.165, 1.54) is 0 Å². The van der Waals surface area contributed by atoms with Gasteiger partial charge in [-0.2, -0.15) is 13.2 Å². The second-order valence-electron chi connectivity index (χ2n) is 7.21. The molecule has 1 aliphatic rings. The summed E-state index contributed by atoms with van der Waals surface area (Å²) in [6.07, 6.45) is -2.17. The first-order chi connectivity index (χ1) is 9.49. The highest BCUT2D eigenvalue weighted by Gasteiger charge is 2.43. The molecule has 0 heterocycles. The van der Waals surface area contributed by atoms with Crippen molar-refractivity contribution < 1.29 is 18.0 Å². The van der Waals surface area contributed by atoms with Gasteiger partial charge < -0.3 is 5.32 Å². The van der Waals surface area contributed by atoms with Gasteiger partial charge in [0.25, 0.3) is 0 Å². The second kappa shape index (κ2) is 7.34. The summed E-state index contributed by atoms with van der Waals surface area (Å²) in [7, 11) is 0. The molecular weight excluding hydrogens is 347 g/mol. The molecule has 3 atom stereocenters. The molecule has 1 fully saturated rings. The summed E-state index contributed by atoms with van der Waals surface area (Å²) in [6, 6.07) is 0. The minimum atomic E-state index is -4.18. The van der Waals surface area contributed by atoms with Crippen LogP contribution in [0.2, 0.25) is 0 Å². The van der Waals surface area contributed by atoms with Gasteiger partial charge in [0.05, 0.1) is 5.92 Å². The van der Waals surface area contributed by atoms with E-state index in [0.717, 1.165) is 6.42 Å². The highest BCUT2D eigenvalue weighted by atomic mass is 79.9. The maximum absolute atomic E-state index is 12.7. The van der Waals surface area contributed by atoms with Crippen LogP contribution in [0.5, 0.6) is 0 Å². The highest BCUT2D eigenvalue weighted by molar-refractivity contribution is 9.09. The largest absolute Gasteiger partial charge is 0.391 e. The van der Waals surface area contributed by atoms with E-state index >= 15 is 0 Å². The van der Waals surface area contributed by atoms with Gasteiger partial charge >= 0.3 is 6.18 Å². The Morgan fingerprint density at radius 3 is 2.43 bits per heavy atom. The van der Waals surface area contributed by atoms with Crippen LogP contribution in [0.15, 0.2) is 0 Å². The van der Waals surface area contributed by atoms with Crippen LogP contribution in [0.4, 0.5) is 13.2 Å². The Kier molecular flexibility index (Phi) is 6.56. The van der Waals surface area contributed by atoms with Crippen molar-refractivity contribution in [2.24, 2.45) is 17.3 Å². The molecule has 0 bridgehead atoms. The number of nitrogens with one attached hydrogen (secondary N) is 1. The SMILES string of the molecule is CC(C)(C)CC(Br)CNC(=O)C1CCCC(C(F)(F)F)C1. The minimum Gasteiger partial charge on any atom is -0.355 e. The third-order valence-electron chi connectivity index (χ3n) is 3.84. The van der Waals surface area contributed by atoms with E-state index in [4.69, 9.17) is 0 Å². The first-order valence-electron chi connectivity index (χ1n) is 7.47. The molecule has 0 aromatic heterocycles. The molecule has 1 saturated carbocycles. The van der Waals surface area contributed by atoms with E-state index in [0.29, 0.717) is 19.4 Å². The first kappa shape index (κ1) is 18.8. The molecular formula is C15H25BrF3NO. The van der Waals surface area contributed by atoms with E-state index in [2.05, 4.69) is 42.0 Å². The fraction of sp³-hybridized carbons (Fsp3) is 0.933. The van der Waals surface area contributed by atoms with Gasteiger partial charge in [-0.15, -0.1) is 0 Å². The molecule has 3 unspecified atom stereocenters. The highest BCUT2D eigenvalue weighted by Crippen LogP contribution is 2.39. The van der Waals surface area contributed by atoms with Crippen LogP contribution in [0.1, 0.15) is 52.9 Å². The Balaban J connectivity index is 2.41. The van der Waals surface area contributed by atoms with Crippen molar-refractivity contribution in [3.05, 3.63) is 0 Å². The molecule has 1 aliphatic carbocycles. The number of amides is 1.